The molecule has 1 saturated heterocycles. The Bertz CT molecular complexity index is 1380. The molecule has 0 spiro atoms. The number of aryl methyl sites for hydroxylation is 1. The van der Waals surface area contributed by atoms with Gasteiger partial charge in [0.25, 0.3) is 0 Å². The molecule has 0 bridgehead atoms. The first-order chi connectivity index (χ1) is 16.9. The summed E-state index contributed by atoms with van der Waals surface area (Å²) >= 11 is 0. The molecule has 0 radical (unpaired) electrons. The predicted molar refractivity (Wildman–Crippen MR) is 137 cm³/mol. The molecule has 1 amide bonds. The summed E-state index contributed by atoms with van der Waals surface area (Å²) in [6.45, 7) is 7.88. The standard InChI is InChI=1S/C29H30FN3O2/c1-19(2)22-13-12-20(3)16-27(22)35-15-14-32-26-11-7-5-9-24(26)31-29(32)21-17-28(34)33(18-21)25-10-6-4-8-23(25)30/h4-13,16,19,21H,14-15,17-18H2,1-3H3. The molecule has 35 heavy (non-hydrogen) atoms. The highest BCUT2D eigenvalue weighted by Crippen LogP contribution is 2.34. The van der Waals surface area contributed by atoms with Gasteiger partial charge in [-0.05, 0) is 54.3 Å². The van der Waals surface area contributed by atoms with Crippen LogP contribution in [0.2, 0.25) is 0 Å². The molecule has 2 heterocycles. The summed E-state index contributed by atoms with van der Waals surface area (Å²) in [5, 5.41) is 0. The second-order valence-corrected chi connectivity index (χ2v) is 9.51. The lowest BCUT2D eigenvalue weighted by atomic mass is 10.0. The maximum atomic E-state index is 14.4. The Kier molecular flexibility index (Phi) is 6.29. The molecule has 1 unspecified atom stereocenters. The van der Waals surface area contributed by atoms with Crippen LogP contribution < -0.4 is 9.64 Å². The third-order valence-electron chi connectivity index (χ3n) is 6.68. The van der Waals surface area contributed by atoms with Crippen molar-refractivity contribution >= 4 is 22.6 Å². The first kappa shape index (κ1) is 23.1. The minimum absolute atomic E-state index is 0.0868. The van der Waals surface area contributed by atoms with Gasteiger partial charge in [-0.1, -0.05) is 50.2 Å². The third-order valence-corrected chi connectivity index (χ3v) is 6.68. The van der Waals surface area contributed by atoms with Crippen LogP contribution in [0.3, 0.4) is 0 Å². The van der Waals surface area contributed by atoms with E-state index in [2.05, 4.69) is 43.5 Å². The molecule has 1 aromatic heterocycles. The zero-order valence-electron chi connectivity index (χ0n) is 20.4. The van der Waals surface area contributed by atoms with Crippen molar-refractivity contribution in [3.63, 3.8) is 0 Å². The number of aromatic nitrogens is 2. The second-order valence-electron chi connectivity index (χ2n) is 9.51. The number of hydrogen-bond acceptors (Lipinski definition) is 3. The highest BCUT2D eigenvalue weighted by molar-refractivity contribution is 5.96. The number of imidazole rings is 1. The van der Waals surface area contributed by atoms with Crippen LogP contribution in [0.15, 0.2) is 66.7 Å². The van der Waals surface area contributed by atoms with Crippen LogP contribution in [0.4, 0.5) is 10.1 Å². The summed E-state index contributed by atoms with van der Waals surface area (Å²) in [5.41, 5.74) is 4.57. The van der Waals surface area contributed by atoms with Gasteiger partial charge in [-0.2, -0.15) is 0 Å². The van der Waals surface area contributed by atoms with Crippen molar-refractivity contribution in [2.75, 3.05) is 18.1 Å². The number of nitrogens with zero attached hydrogens (tertiary/aromatic N) is 3. The average molecular weight is 472 g/mol. The molecule has 1 aliphatic heterocycles. The van der Waals surface area contributed by atoms with E-state index in [1.807, 2.05) is 24.3 Å². The van der Waals surface area contributed by atoms with Crippen molar-refractivity contribution in [3.05, 3.63) is 89.5 Å². The molecule has 4 aromatic rings. The molecule has 0 aliphatic carbocycles. The van der Waals surface area contributed by atoms with Gasteiger partial charge in [0.05, 0.1) is 23.3 Å². The summed E-state index contributed by atoms with van der Waals surface area (Å²) < 4.78 is 22.8. The number of rotatable bonds is 7. The van der Waals surface area contributed by atoms with Gasteiger partial charge in [0.2, 0.25) is 5.91 Å². The summed E-state index contributed by atoms with van der Waals surface area (Å²) in [6.07, 6.45) is 0.299. The van der Waals surface area contributed by atoms with Gasteiger partial charge in [0, 0.05) is 18.9 Å². The zero-order valence-corrected chi connectivity index (χ0v) is 20.4. The average Bonchev–Trinajstić information content (AvgIpc) is 3.40. The second kappa shape index (κ2) is 9.53. The Morgan fingerprint density at radius 2 is 1.86 bits per heavy atom. The Morgan fingerprint density at radius 3 is 2.66 bits per heavy atom. The van der Waals surface area contributed by atoms with Crippen molar-refractivity contribution in [3.8, 4) is 5.75 Å². The molecule has 3 aromatic carbocycles. The van der Waals surface area contributed by atoms with Gasteiger partial charge in [-0.3, -0.25) is 4.79 Å². The number of amides is 1. The number of carbonyl (C=O) groups excluding carboxylic acids is 1. The Hall–Kier alpha value is -3.67. The van der Waals surface area contributed by atoms with Gasteiger partial charge in [0.15, 0.2) is 0 Å². The smallest absolute Gasteiger partial charge is 0.227 e. The van der Waals surface area contributed by atoms with Crippen molar-refractivity contribution < 1.29 is 13.9 Å². The number of carbonyl (C=O) groups is 1. The molecule has 180 valence electrons. The van der Waals surface area contributed by atoms with Crippen LogP contribution in [0.5, 0.6) is 5.75 Å². The molecular formula is C29H30FN3O2. The predicted octanol–water partition coefficient (Wildman–Crippen LogP) is 6.21. The topological polar surface area (TPSA) is 47.4 Å². The number of fused-ring (bicyclic) bond motifs is 1. The SMILES string of the molecule is Cc1ccc(C(C)C)c(OCCn2c(C3CC(=O)N(c4ccccc4F)C3)nc3ccccc32)c1. The number of benzene rings is 3. The van der Waals surface area contributed by atoms with Crippen LogP contribution in [0.25, 0.3) is 11.0 Å². The number of ether oxygens (including phenoxy) is 1. The van der Waals surface area contributed by atoms with Gasteiger partial charge >= 0.3 is 0 Å². The Balaban J connectivity index is 1.41. The molecule has 1 atom stereocenters. The normalized spacial score (nSPS) is 16.0. The number of para-hydroxylation sites is 3. The lowest BCUT2D eigenvalue weighted by molar-refractivity contribution is -0.117. The van der Waals surface area contributed by atoms with Gasteiger partial charge in [0.1, 0.15) is 24.0 Å². The molecular weight excluding hydrogens is 441 g/mol. The van der Waals surface area contributed by atoms with Crippen LogP contribution in [-0.4, -0.2) is 28.6 Å². The van der Waals surface area contributed by atoms with Crippen molar-refractivity contribution in [1.82, 2.24) is 9.55 Å². The van der Waals surface area contributed by atoms with Crippen LogP contribution in [0.1, 0.15) is 49.1 Å². The maximum absolute atomic E-state index is 14.4. The quantitative estimate of drug-likeness (QED) is 0.322. The number of anilines is 1. The van der Waals surface area contributed by atoms with Gasteiger partial charge < -0.3 is 14.2 Å². The molecule has 1 fully saturated rings. The minimum atomic E-state index is -0.387. The van der Waals surface area contributed by atoms with Crippen molar-refractivity contribution in [1.29, 1.82) is 0 Å². The van der Waals surface area contributed by atoms with E-state index >= 15 is 0 Å². The Morgan fingerprint density at radius 1 is 1.09 bits per heavy atom. The van der Waals surface area contributed by atoms with Crippen molar-refractivity contribution in [2.24, 2.45) is 0 Å². The van der Waals surface area contributed by atoms with Gasteiger partial charge in [-0.25, -0.2) is 9.37 Å². The largest absolute Gasteiger partial charge is 0.491 e. The summed E-state index contributed by atoms with van der Waals surface area (Å²) in [5.74, 6) is 1.52. The Labute approximate surface area is 205 Å². The minimum Gasteiger partial charge on any atom is -0.491 e. The summed E-state index contributed by atoms with van der Waals surface area (Å²) in [6, 6.07) is 20.8. The monoisotopic (exact) mass is 471 g/mol. The number of hydrogen-bond donors (Lipinski definition) is 0. The molecule has 5 nitrogen and oxygen atoms in total. The van der Waals surface area contributed by atoms with E-state index in [0.29, 0.717) is 37.7 Å². The van der Waals surface area contributed by atoms with E-state index in [1.54, 1.807) is 23.1 Å². The molecule has 1 aliphatic rings. The summed E-state index contributed by atoms with van der Waals surface area (Å²) in [4.78, 5) is 19.3. The summed E-state index contributed by atoms with van der Waals surface area (Å²) in [7, 11) is 0. The van der Waals surface area contributed by atoms with Crippen molar-refractivity contribution in [2.45, 2.75) is 45.6 Å². The van der Waals surface area contributed by atoms with Crippen LogP contribution in [0, 0.1) is 12.7 Å². The van der Waals surface area contributed by atoms with E-state index in [0.717, 1.165) is 28.2 Å². The molecule has 0 N–H and O–H groups in total. The fourth-order valence-electron chi connectivity index (χ4n) is 4.92. The fourth-order valence-corrected chi connectivity index (χ4v) is 4.92. The zero-order chi connectivity index (χ0) is 24.5. The maximum Gasteiger partial charge on any atom is 0.227 e. The first-order valence-corrected chi connectivity index (χ1v) is 12.2. The third kappa shape index (κ3) is 4.53. The van der Waals surface area contributed by atoms with Crippen LogP contribution in [-0.2, 0) is 11.3 Å². The lowest BCUT2D eigenvalue weighted by Gasteiger charge is -2.19. The first-order valence-electron chi connectivity index (χ1n) is 12.2. The fraction of sp³-hybridized carbons (Fsp3) is 0.310. The molecule has 6 heteroatoms. The van der Waals surface area contributed by atoms with E-state index in [9.17, 15) is 9.18 Å². The lowest BCUT2D eigenvalue weighted by Crippen LogP contribution is -2.25. The highest BCUT2D eigenvalue weighted by Gasteiger charge is 2.35. The molecule has 5 rings (SSSR count). The van der Waals surface area contributed by atoms with E-state index in [1.165, 1.54) is 11.6 Å². The number of halogens is 1. The molecule has 0 saturated carbocycles. The highest BCUT2D eigenvalue weighted by atomic mass is 19.1. The van der Waals surface area contributed by atoms with Gasteiger partial charge in [-0.15, -0.1) is 0 Å². The van der Waals surface area contributed by atoms with Crippen LogP contribution >= 0.6 is 0 Å². The van der Waals surface area contributed by atoms with E-state index < -0.39 is 0 Å². The van der Waals surface area contributed by atoms with E-state index in [4.69, 9.17) is 9.72 Å². The van der Waals surface area contributed by atoms with E-state index in [-0.39, 0.29) is 17.6 Å².